The molecule has 12 heteroatoms. The minimum absolute atomic E-state index is 0.0246. The summed E-state index contributed by atoms with van der Waals surface area (Å²) in [5.41, 5.74) is -0.879. The first-order valence-electron chi connectivity index (χ1n) is 11.0. The number of allylic oxidation sites excluding steroid dienone is 1. The molecule has 190 valence electrons. The molecule has 0 radical (unpaired) electrons. The molecule has 8 nitrogen and oxygen atoms in total. The van der Waals surface area contributed by atoms with Crippen molar-refractivity contribution in [1.29, 1.82) is 10.5 Å². The highest BCUT2D eigenvalue weighted by molar-refractivity contribution is 7.90. The third-order valence-corrected chi connectivity index (χ3v) is 7.38. The Morgan fingerprint density at radius 2 is 1.81 bits per heavy atom. The zero-order valence-electron chi connectivity index (χ0n) is 19.4. The predicted molar refractivity (Wildman–Crippen MR) is 125 cm³/mol. The number of nitrogens with zero attached hydrogens (tertiary/aromatic N) is 4. The molecule has 2 aromatic rings. The Morgan fingerprint density at radius 1 is 1.08 bits per heavy atom. The fourth-order valence-electron chi connectivity index (χ4n) is 4.70. The highest BCUT2D eigenvalue weighted by atomic mass is 32.2. The van der Waals surface area contributed by atoms with Gasteiger partial charge in [0.25, 0.3) is 0 Å². The Balaban J connectivity index is 2.03. The van der Waals surface area contributed by atoms with E-state index >= 15 is 0 Å². The lowest BCUT2D eigenvalue weighted by molar-refractivity contribution is -0.137. The van der Waals surface area contributed by atoms with Crippen LogP contribution in [0.1, 0.15) is 42.0 Å². The Labute approximate surface area is 210 Å². The molecule has 1 atom stereocenters. The molecule has 1 aliphatic carbocycles. The fraction of sp³-hybridized carbons (Fsp3) is 0.280. The van der Waals surface area contributed by atoms with Gasteiger partial charge in [-0.05, 0) is 48.7 Å². The minimum Gasteiger partial charge on any atom is -0.299 e. The molecule has 0 saturated heterocycles. The van der Waals surface area contributed by atoms with E-state index < -0.39 is 46.0 Å². The van der Waals surface area contributed by atoms with E-state index in [1.165, 1.54) is 18.2 Å². The number of anilines is 1. The van der Waals surface area contributed by atoms with Crippen LogP contribution >= 0.6 is 0 Å². The molecule has 2 aliphatic rings. The van der Waals surface area contributed by atoms with Crippen molar-refractivity contribution < 1.29 is 31.2 Å². The Hall–Kier alpha value is -4.16. The van der Waals surface area contributed by atoms with Gasteiger partial charge in [0.05, 0.1) is 39.9 Å². The summed E-state index contributed by atoms with van der Waals surface area (Å²) in [7, 11) is -3.96. The first-order chi connectivity index (χ1) is 17.4. The van der Waals surface area contributed by atoms with Crippen LogP contribution in [0.2, 0.25) is 0 Å². The number of amides is 2. The standard InChI is InChI=1S/C25H19F3N4O4S/c1-37(35,36)21-12-15(14-30)8-9-18(21)23-22-19(6-3-7-20(22)33)32(24(34)31(23)11-10-29)17-5-2-4-16(13-17)25(26,27)28/h2,4-5,8-9,12-13,23H,3,6-7,11H2,1H3/t23-/m1/s1. The van der Waals surface area contributed by atoms with Gasteiger partial charge in [-0.1, -0.05) is 12.1 Å². The average molecular weight is 529 g/mol. The number of halogens is 3. The zero-order valence-corrected chi connectivity index (χ0v) is 20.2. The summed E-state index contributed by atoms with van der Waals surface area (Å²) < 4.78 is 65.6. The van der Waals surface area contributed by atoms with Crippen molar-refractivity contribution in [3.63, 3.8) is 0 Å². The van der Waals surface area contributed by atoms with Crippen molar-refractivity contribution >= 4 is 27.3 Å². The van der Waals surface area contributed by atoms with E-state index in [0.29, 0.717) is 6.42 Å². The van der Waals surface area contributed by atoms with Crippen LogP contribution in [0.25, 0.3) is 0 Å². The molecule has 0 bridgehead atoms. The van der Waals surface area contributed by atoms with Crippen LogP contribution in [-0.2, 0) is 20.8 Å². The van der Waals surface area contributed by atoms with Gasteiger partial charge >= 0.3 is 12.2 Å². The van der Waals surface area contributed by atoms with E-state index in [1.807, 2.05) is 12.1 Å². The molecular formula is C25H19F3N4O4S. The van der Waals surface area contributed by atoms with Gasteiger partial charge in [-0.3, -0.25) is 14.6 Å². The van der Waals surface area contributed by atoms with Crippen molar-refractivity contribution in [2.24, 2.45) is 0 Å². The molecule has 1 aliphatic heterocycles. The number of hydrogen-bond acceptors (Lipinski definition) is 6. The number of Topliss-reactive ketones (excluding diaryl/α,β-unsaturated/α-hetero) is 1. The van der Waals surface area contributed by atoms with Gasteiger partial charge in [-0.15, -0.1) is 0 Å². The number of rotatable bonds is 4. The largest absolute Gasteiger partial charge is 0.416 e. The summed E-state index contributed by atoms with van der Waals surface area (Å²) in [6.07, 6.45) is -3.19. The molecule has 0 saturated carbocycles. The maximum absolute atomic E-state index is 13.8. The van der Waals surface area contributed by atoms with Crippen LogP contribution in [0.15, 0.2) is 58.6 Å². The second-order valence-electron chi connectivity index (χ2n) is 8.63. The van der Waals surface area contributed by atoms with Crippen LogP contribution < -0.4 is 4.90 Å². The molecule has 2 amide bonds. The van der Waals surface area contributed by atoms with Crippen molar-refractivity contribution in [3.05, 3.63) is 70.4 Å². The number of alkyl halides is 3. The van der Waals surface area contributed by atoms with Crippen molar-refractivity contribution in [2.45, 2.75) is 36.4 Å². The zero-order chi connectivity index (χ0) is 27.1. The van der Waals surface area contributed by atoms with Crippen LogP contribution in [0, 0.1) is 22.7 Å². The molecule has 2 aromatic carbocycles. The quantitative estimate of drug-likeness (QED) is 0.539. The molecule has 0 N–H and O–H groups in total. The van der Waals surface area contributed by atoms with Crippen molar-refractivity contribution in [1.82, 2.24) is 4.90 Å². The topological polar surface area (TPSA) is 122 Å². The highest BCUT2D eigenvalue weighted by Gasteiger charge is 2.46. The van der Waals surface area contributed by atoms with Gasteiger partial charge in [-0.25, -0.2) is 13.2 Å². The van der Waals surface area contributed by atoms with Crippen LogP contribution in [0.4, 0.5) is 23.7 Å². The molecule has 0 spiro atoms. The summed E-state index contributed by atoms with van der Waals surface area (Å²) in [5, 5.41) is 18.8. The lowest BCUT2D eigenvalue weighted by Gasteiger charge is -2.44. The van der Waals surface area contributed by atoms with Crippen LogP contribution in [0.3, 0.4) is 0 Å². The lowest BCUT2D eigenvalue weighted by atomic mass is 9.83. The number of carbonyl (C=O) groups excluding carboxylic acids is 2. The van der Waals surface area contributed by atoms with Gasteiger partial charge in [0.15, 0.2) is 15.6 Å². The van der Waals surface area contributed by atoms with E-state index in [2.05, 4.69) is 0 Å². The smallest absolute Gasteiger partial charge is 0.299 e. The number of hydrogen-bond donors (Lipinski definition) is 0. The van der Waals surface area contributed by atoms with Gasteiger partial charge in [-0.2, -0.15) is 23.7 Å². The van der Waals surface area contributed by atoms with Crippen molar-refractivity contribution in [2.75, 3.05) is 17.7 Å². The summed E-state index contributed by atoms with van der Waals surface area (Å²) >= 11 is 0. The summed E-state index contributed by atoms with van der Waals surface area (Å²) in [6.45, 7) is -0.577. The first-order valence-corrected chi connectivity index (χ1v) is 12.9. The van der Waals surface area contributed by atoms with E-state index in [9.17, 15) is 41.7 Å². The third-order valence-electron chi connectivity index (χ3n) is 6.23. The van der Waals surface area contributed by atoms with Crippen LogP contribution in [0.5, 0.6) is 0 Å². The van der Waals surface area contributed by atoms with Crippen molar-refractivity contribution in [3.8, 4) is 12.1 Å². The second-order valence-corrected chi connectivity index (χ2v) is 10.6. The maximum Gasteiger partial charge on any atom is 0.416 e. The lowest BCUT2D eigenvalue weighted by Crippen LogP contribution is -2.52. The second kappa shape index (κ2) is 9.37. The molecule has 0 aromatic heterocycles. The summed E-state index contributed by atoms with van der Waals surface area (Å²) in [6, 6.07) is 9.39. The Bertz CT molecular complexity index is 1530. The van der Waals surface area contributed by atoms with E-state index in [4.69, 9.17) is 0 Å². The Kier molecular flexibility index (Phi) is 6.57. The molecule has 4 rings (SSSR count). The number of urea groups is 1. The predicted octanol–water partition coefficient (Wildman–Crippen LogP) is 4.49. The molecule has 1 heterocycles. The third kappa shape index (κ3) is 4.68. The van der Waals surface area contributed by atoms with Gasteiger partial charge in [0, 0.05) is 23.9 Å². The number of sulfone groups is 1. The van der Waals surface area contributed by atoms with Gasteiger partial charge in [0.1, 0.15) is 6.54 Å². The number of benzene rings is 2. The van der Waals surface area contributed by atoms with Crippen LogP contribution in [-0.4, -0.2) is 37.9 Å². The number of carbonyl (C=O) groups is 2. The molecule has 0 fully saturated rings. The van der Waals surface area contributed by atoms with E-state index in [0.717, 1.165) is 40.3 Å². The number of ketones is 1. The highest BCUT2D eigenvalue weighted by Crippen LogP contribution is 2.46. The normalized spacial score (nSPS) is 18.4. The van der Waals surface area contributed by atoms with Gasteiger partial charge < -0.3 is 0 Å². The fourth-order valence-corrected chi connectivity index (χ4v) is 5.65. The maximum atomic E-state index is 13.8. The van der Waals surface area contributed by atoms with Gasteiger partial charge in [0.2, 0.25) is 0 Å². The molecule has 37 heavy (non-hydrogen) atoms. The first kappa shape index (κ1) is 25.9. The molecular weight excluding hydrogens is 509 g/mol. The monoisotopic (exact) mass is 528 g/mol. The van der Waals surface area contributed by atoms with E-state index in [1.54, 1.807) is 0 Å². The SMILES string of the molecule is CS(=O)(=O)c1cc(C#N)ccc1[C@@H]1C2=C(CCCC2=O)N(c2cccc(C(F)(F)F)c2)C(=O)N1CC#N. The Morgan fingerprint density at radius 3 is 2.43 bits per heavy atom. The molecule has 0 unspecified atom stereocenters. The van der Waals surface area contributed by atoms with E-state index in [-0.39, 0.29) is 45.8 Å². The average Bonchev–Trinajstić information content (AvgIpc) is 2.84. The number of nitriles is 2. The summed E-state index contributed by atoms with van der Waals surface area (Å²) in [4.78, 5) is 28.7. The minimum atomic E-state index is -4.68. The summed E-state index contributed by atoms with van der Waals surface area (Å²) in [5.74, 6) is -0.414.